The second kappa shape index (κ2) is 9.40. The molecule has 152 valence electrons. The van der Waals surface area contributed by atoms with Gasteiger partial charge in [0, 0.05) is 35.7 Å². The molecule has 0 N–H and O–H groups in total. The van der Waals surface area contributed by atoms with E-state index in [-0.39, 0.29) is 17.6 Å². The number of nitrogens with zero attached hydrogens (tertiary/aromatic N) is 1. The Balaban J connectivity index is 1.39. The fraction of sp³-hybridized carbons (Fsp3) is 0.231. The largest absolute Gasteiger partial charge is 0.489 e. The van der Waals surface area contributed by atoms with Crippen molar-refractivity contribution in [2.24, 2.45) is 5.92 Å². The number of carbonyl (C=O) groups is 2. The summed E-state index contributed by atoms with van der Waals surface area (Å²) in [5.74, 6) is 0.945. The van der Waals surface area contributed by atoms with Crippen LogP contribution in [-0.4, -0.2) is 29.7 Å². The van der Waals surface area contributed by atoms with E-state index in [1.165, 1.54) is 0 Å². The van der Waals surface area contributed by atoms with Crippen molar-refractivity contribution in [3.8, 4) is 5.75 Å². The third kappa shape index (κ3) is 4.60. The number of Topliss-reactive ketones (excluding diaryl/α,β-unsaturated/α-hetero) is 1. The Kier molecular flexibility index (Phi) is 6.23. The molecule has 0 aromatic heterocycles. The quantitative estimate of drug-likeness (QED) is 0.548. The Morgan fingerprint density at radius 1 is 0.800 bits per heavy atom. The maximum atomic E-state index is 13.2. The van der Waals surface area contributed by atoms with Crippen LogP contribution >= 0.6 is 0 Å². The highest BCUT2D eigenvalue weighted by molar-refractivity contribution is 5.98. The van der Waals surface area contributed by atoms with Gasteiger partial charge in [0.1, 0.15) is 12.4 Å². The van der Waals surface area contributed by atoms with Crippen LogP contribution in [0.2, 0.25) is 0 Å². The number of hydrogen-bond acceptors (Lipinski definition) is 3. The molecular weight excluding hydrogens is 374 g/mol. The summed E-state index contributed by atoms with van der Waals surface area (Å²) in [4.78, 5) is 27.7. The molecule has 0 saturated carbocycles. The zero-order chi connectivity index (χ0) is 20.8. The number of piperidine rings is 1. The van der Waals surface area contributed by atoms with E-state index in [2.05, 4.69) is 0 Å². The van der Waals surface area contributed by atoms with Crippen molar-refractivity contribution in [2.45, 2.75) is 19.4 Å². The average Bonchev–Trinajstić information content (AvgIpc) is 2.83. The van der Waals surface area contributed by atoms with Crippen LogP contribution in [0.4, 0.5) is 0 Å². The first-order valence-electron chi connectivity index (χ1n) is 10.4. The molecule has 0 atom stereocenters. The predicted molar refractivity (Wildman–Crippen MR) is 117 cm³/mol. The van der Waals surface area contributed by atoms with E-state index < -0.39 is 0 Å². The lowest BCUT2D eigenvalue weighted by Gasteiger charge is -2.32. The molecule has 4 heteroatoms. The Bertz CT molecular complexity index is 993. The summed E-state index contributed by atoms with van der Waals surface area (Å²) in [7, 11) is 0. The minimum atomic E-state index is -0.0203. The first-order valence-corrected chi connectivity index (χ1v) is 10.4. The van der Waals surface area contributed by atoms with Gasteiger partial charge in [0.05, 0.1) is 0 Å². The number of rotatable bonds is 6. The van der Waals surface area contributed by atoms with E-state index >= 15 is 0 Å². The molecule has 3 aromatic carbocycles. The fourth-order valence-corrected chi connectivity index (χ4v) is 3.89. The van der Waals surface area contributed by atoms with Gasteiger partial charge in [-0.25, -0.2) is 0 Å². The van der Waals surface area contributed by atoms with Crippen LogP contribution < -0.4 is 4.74 Å². The number of carbonyl (C=O) groups excluding carboxylic acids is 2. The van der Waals surface area contributed by atoms with E-state index in [1.54, 1.807) is 0 Å². The summed E-state index contributed by atoms with van der Waals surface area (Å²) in [5, 5.41) is 0. The Labute approximate surface area is 177 Å². The smallest absolute Gasteiger partial charge is 0.254 e. The monoisotopic (exact) mass is 399 g/mol. The second-order valence-corrected chi connectivity index (χ2v) is 7.56. The zero-order valence-electron chi connectivity index (χ0n) is 16.9. The molecule has 3 aromatic rings. The van der Waals surface area contributed by atoms with Gasteiger partial charge in [-0.1, -0.05) is 66.7 Å². The number of amides is 1. The molecule has 4 rings (SSSR count). The van der Waals surface area contributed by atoms with Crippen molar-refractivity contribution in [1.29, 1.82) is 0 Å². The Morgan fingerprint density at radius 2 is 1.40 bits per heavy atom. The first-order chi connectivity index (χ1) is 14.7. The summed E-state index contributed by atoms with van der Waals surface area (Å²) >= 11 is 0. The average molecular weight is 399 g/mol. The molecule has 1 aliphatic heterocycles. The van der Waals surface area contributed by atoms with Gasteiger partial charge in [-0.3, -0.25) is 9.59 Å². The maximum Gasteiger partial charge on any atom is 0.254 e. The van der Waals surface area contributed by atoms with Gasteiger partial charge in [-0.2, -0.15) is 0 Å². The summed E-state index contributed by atoms with van der Waals surface area (Å²) in [6.45, 7) is 1.53. The van der Waals surface area contributed by atoms with E-state index in [0.29, 0.717) is 38.1 Å². The number of likely N-dealkylation sites (tertiary alicyclic amines) is 1. The summed E-state index contributed by atoms with van der Waals surface area (Å²) in [5.41, 5.74) is 2.29. The second-order valence-electron chi connectivity index (χ2n) is 7.56. The van der Waals surface area contributed by atoms with Crippen LogP contribution in [0, 0.1) is 5.92 Å². The van der Waals surface area contributed by atoms with Crippen molar-refractivity contribution in [3.05, 3.63) is 102 Å². The molecule has 1 aliphatic rings. The molecule has 1 fully saturated rings. The van der Waals surface area contributed by atoms with E-state index in [0.717, 1.165) is 16.9 Å². The molecule has 1 amide bonds. The topological polar surface area (TPSA) is 46.6 Å². The molecule has 0 aliphatic carbocycles. The summed E-state index contributed by atoms with van der Waals surface area (Å²) < 4.78 is 5.85. The van der Waals surface area contributed by atoms with Gasteiger partial charge in [-0.15, -0.1) is 0 Å². The summed E-state index contributed by atoms with van der Waals surface area (Å²) in [6, 6.07) is 26.6. The van der Waals surface area contributed by atoms with Crippen molar-refractivity contribution < 1.29 is 14.3 Å². The molecule has 1 heterocycles. The van der Waals surface area contributed by atoms with Crippen LogP contribution in [0.3, 0.4) is 0 Å². The van der Waals surface area contributed by atoms with Gasteiger partial charge in [0.2, 0.25) is 0 Å². The molecule has 1 saturated heterocycles. The molecule has 0 spiro atoms. The third-order valence-electron chi connectivity index (χ3n) is 5.60. The fourth-order valence-electron chi connectivity index (χ4n) is 3.89. The standard InChI is InChI=1S/C26H25NO3/c28-25(20-9-3-1-4-10-20)21-15-17-27(18-16-21)26(29)24-14-8-7-11-22(24)19-30-23-12-5-2-6-13-23/h1-14,21H,15-19H2. The van der Waals surface area contributed by atoms with Crippen molar-refractivity contribution in [1.82, 2.24) is 4.90 Å². The summed E-state index contributed by atoms with van der Waals surface area (Å²) in [6.07, 6.45) is 1.39. The lowest BCUT2D eigenvalue weighted by Crippen LogP contribution is -2.40. The maximum absolute atomic E-state index is 13.2. The van der Waals surface area contributed by atoms with Gasteiger partial charge in [0.15, 0.2) is 5.78 Å². The molecule has 0 unspecified atom stereocenters. The van der Waals surface area contributed by atoms with Crippen LogP contribution in [0.1, 0.15) is 39.1 Å². The number of ketones is 1. The molecule has 4 nitrogen and oxygen atoms in total. The highest BCUT2D eigenvalue weighted by Crippen LogP contribution is 2.24. The van der Waals surface area contributed by atoms with Crippen molar-refractivity contribution in [2.75, 3.05) is 13.1 Å². The van der Waals surface area contributed by atoms with Crippen LogP contribution in [0.25, 0.3) is 0 Å². The van der Waals surface area contributed by atoms with Gasteiger partial charge in [-0.05, 0) is 31.0 Å². The predicted octanol–water partition coefficient (Wildman–Crippen LogP) is 5.00. The van der Waals surface area contributed by atoms with E-state index in [4.69, 9.17) is 4.74 Å². The molecular formula is C26H25NO3. The minimum absolute atomic E-state index is 0.00729. The molecule has 0 bridgehead atoms. The molecule has 0 radical (unpaired) electrons. The van der Waals surface area contributed by atoms with Gasteiger partial charge >= 0.3 is 0 Å². The van der Waals surface area contributed by atoms with E-state index in [1.807, 2.05) is 89.8 Å². The van der Waals surface area contributed by atoms with Gasteiger partial charge < -0.3 is 9.64 Å². The first kappa shape index (κ1) is 19.9. The van der Waals surface area contributed by atoms with Crippen molar-refractivity contribution in [3.63, 3.8) is 0 Å². The Morgan fingerprint density at radius 3 is 2.10 bits per heavy atom. The van der Waals surface area contributed by atoms with Crippen LogP contribution in [-0.2, 0) is 6.61 Å². The highest BCUT2D eigenvalue weighted by atomic mass is 16.5. The lowest BCUT2D eigenvalue weighted by atomic mass is 9.88. The number of hydrogen-bond donors (Lipinski definition) is 0. The minimum Gasteiger partial charge on any atom is -0.489 e. The van der Waals surface area contributed by atoms with E-state index in [9.17, 15) is 9.59 Å². The normalized spacial score (nSPS) is 14.3. The van der Waals surface area contributed by atoms with Gasteiger partial charge in [0.25, 0.3) is 5.91 Å². The molecule has 30 heavy (non-hydrogen) atoms. The zero-order valence-corrected chi connectivity index (χ0v) is 16.9. The van der Waals surface area contributed by atoms with Crippen molar-refractivity contribution >= 4 is 11.7 Å². The number of para-hydroxylation sites is 1. The SMILES string of the molecule is O=C(c1ccccc1)C1CCN(C(=O)c2ccccc2COc2ccccc2)CC1. The number of ether oxygens (including phenoxy) is 1. The van der Waals surface area contributed by atoms with Crippen LogP contribution in [0.15, 0.2) is 84.9 Å². The highest BCUT2D eigenvalue weighted by Gasteiger charge is 2.29. The third-order valence-corrected chi connectivity index (χ3v) is 5.60. The number of benzene rings is 3. The van der Waals surface area contributed by atoms with Crippen LogP contribution in [0.5, 0.6) is 5.75 Å². The Hall–Kier alpha value is -3.40. The lowest BCUT2D eigenvalue weighted by molar-refractivity contribution is 0.0648.